The van der Waals surface area contributed by atoms with E-state index in [1.807, 2.05) is 0 Å². The fourth-order valence-electron chi connectivity index (χ4n) is 1.75. The molecule has 0 spiro atoms. The number of benzene rings is 2. The number of amides is 1. The van der Waals surface area contributed by atoms with Gasteiger partial charge in [-0.25, -0.2) is 0 Å². The van der Waals surface area contributed by atoms with E-state index in [1.165, 1.54) is 12.1 Å². The molecular weight excluding hydrogens is 274 g/mol. The zero-order valence-corrected chi connectivity index (χ0v) is 11.0. The number of nitro groups is 1. The van der Waals surface area contributed by atoms with Gasteiger partial charge < -0.3 is 16.2 Å². The lowest BCUT2D eigenvalue weighted by atomic mass is 10.1. The molecule has 4 N–H and O–H groups in total. The second kappa shape index (κ2) is 5.91. The van der Waals surface area contributed by atoms with E-state index in [9.17, 15) is 14.9 Å². The highest BCUT2D eigenvalue weighted by Crippen LogP contribution is 2.26. The number of nitrogens with zero attached hydrogens (tertiary/aromatic N) is 1. The minimum Gasteiger partial charge on any atom is -0.489 e. The molecule has 0 unspecified atom stereocenters. The molecule has 7 heteroatoms. The molecule has 0 atom stereocenters. The van der Waals surface area contributed by atoms with Crippen LogP contribution in [-0.4, -0.2) is 10.8 Å². The van der Waals surface area contributed by atoms with Crippen LogP contribution in [0.5, 0.6) is 5.75 Å². The van der Waals surface area contributed by atoms with Crippen molar-refractivity contribution >= 4 is 17.3 Å². The molecule has 0 radical (unpaired) electrons. The van der Waals surface area contributed by atoms with Crippen LogP contribution in [0.2, 0.25) is 0 Å². The van der Waals surface area contributed by atoms with Crippen molar-refractivity contribution in [3.63, 3.8) is 0 Å². The largest absolute Gasteiger partial charge is 0.489 e. The summed E-state index contributed by atoms with van der Waals surface area (Å²) in [6, 6.07) is 10.9. The number of hydrogen-bond donors (Lipinski definition) is 2. The first kappa shape index (κ1) is 14.3. The molecule has 1 amide bonds. The van der Waals surface area contributed by atoms with E-state index in [0.29, 0.717) is 11.3 Å². The predicted molar refractivity (Wildman–Crippen MR) is 76.8 cm³/mol. The predicted octanol–water partition coefficient (Wildman–Crippen LogP) is 1.85. The number of carbonyl (C=O) groups is 1. The van der Waals surface area contributed by atoms with Gasteiger partial charge in [-0.3, -0.25) is 14.9 Å². The number of nitrogens with two attached hydrogens (primary N) is 2. The van der Waals surface area contributed by atoms with Crippen molar-refractivity contribution in [3.05, 3.63) is 63.7 Å². The molecule has 0 fully saturated rings. The van der Waals surface area contributed by atoms with Crippen molar-refractivity contribution in [3.8, 4) is 5.75 Å². The molecule has 0 saturated heterocycles. The lowest BCUT2D eigenvalue weighted by Crippen LogP contribution is -2.11. The summed E-state index contributed by atoms with van der Waals surface area (Å²) in [6.07, 6.45) is 0. The molecule has 0 aliphatic rings. The Morgan fingerprint density at radius 3 is 2.67 bits per heavy atom. The van der Waals surface area contributed by atoms with Gasteiger partial charge in [-0.1, -0.05) is 12.1 Å². The van der Waals surface area contributed by atoms with Crippen LogP contribution >= 0.6 is 0 Å². The first-order valence-electron chi connectivity index (χ1n) is 6.03. The number of ether oxygens (including phenoxy) is 1. The maximum Gasteiger partial charge on any atom is 0.295 e. The first-order chi connectivity index (χ1) is 9.97. The highest BCUT2D eigenvalue weighted by molar-refractivity contribution is 5.92. The zero-order valence-electron chi connectivity index (χ0n) is 11.0. The molecule has 0 aromatic heterocycles. The van der Waals surface area contributed by atoms with Crippen molar-refractivity contribution in [2.45, 2.75) is 6.61 Å². The average molecular weight is 287 g/mol. The Hall–Kier alpha value is -3.09. The van der Waals surface area contributed by atoms with Crippen molar-refractivity contribution in [2.75, 3.05) is 5.73 Å². The minimum atomic E-state index is -0.574. The summed E-state index contributed by atoms with van der Waals surface area (Å²) >= 11 is 0. The van der Waals surface area contributed by atoms with Crippen molar-refractivity contribution in [1.29, 1.82) is 0 Å². The van der Waals surface area contributed by atoms with Gasteiger partial charge in [0.25, 0.3) is 5.69 Å². The standard InChI is InChI=1S/C14H13N3O4/c15-12-5-4-11(7-13(12)17(19)20)21-8-9-2-1-3-10(6-9)14(16)18/h1-7H,8,15H2,(H2,16,18). The van der Waals surface area contributed by atoms with Gasteiger partial charge in [0, 0.05) is 5.56 Å². The van der Waals surface area contributed by atoms with Crippen LogP contribution in [0, 0.1) is 10.1 Å². The second-order valence-electron chi connectivity index (χ2n) is 4.33. The molecule has 2 rings (SSSR count). The number of hydrogen-bond acceptors (Lipinski definition) is 5. The van der Waals surface area contributed by atoms with E-state index >= 15 is 0 Å². The molecule has 2 aromatic rings. The Morgan fingerprint density at radius 1 is 1.24 bits per heavy atom. The van der Waals surface area contributed by atoms with Gasteiger partial charge in [-0.05, 0) is 29.8 Å². The Bertz CT molecular complexity index is 700. The SMILES string of the molecule is NC(=O)c1cccc(COc2ccc(N)c([N+](=O)[O-])c2)c1. The topological polar surface area (TPSA) is 121 Å². The van der Waals surface area contributed by atoms with Gasteiger partial charge in [-0.2, -0.15) is 0 Å². The number of anilines is 1. The maximum atomic E-state index is 11.1. The smallest absolute Gasteiger partial charge is 0.295 e. The van der Waals surface area contributed by atoms with Crippen molar-refractivity contribution < 1.29 is 14.5 Å². The normalized spacial score (nSPS) is 10.1. The Kier molecular flexibility index (Phi) is 4.03. The summed E-state index contributed by atoms with van der Waals surface area (Å²) in [5, 5.41) is 10.8. The van der Waals surface area contributed by atoms with E-state index in [1.54, 1.807) is 30.3 Å². The summed E-state index contributed by atoms with van der Waals surface area (Å²) in [5.41, 5.74) is 11.7. The summed E-state index contributed by atoms with van der Waals surface area (Å²) in [7, 11) is 0. The van der Waals surface area contributed by atoms with Crippen LogP contribution in [0.15, 0.2) is 42.5 Å². The van der Waals surface area contributed by atoms with Crippen LogP contribution in [-0.2, 0) is 6.61 Å². The molecule has 0 aliphatic carbocycles. The highest BCUT2D eigenvalue weighted by atomic mass is 16.6. The zero-order chi connectivity index (χ0) is 15.4. The number of nitrogen functional groups attached to an aromatic ring is 1. The van der Waals surface area contributed by atoms with Crippen LogP contribution in [0.3, 0.4) is 0 Å². The van der Waals surface area contributed by atoms with E-state index in [-0.39, 0.29) is 18.0 Å². The molecule has 2 aromatic carbocycles. The lowest BCUT2D eigenvalue weighted by Gasteiger charge is -2.07. The summed E-state index contributed by atoms with van der Waals surface area (Å²) in [4.78, 5) is 21.3. The van der Waals surface area contributed by atoms with Crippen molar-refractivity contribution in [2.24, 2.45) is 5.73 Å². The molecule has 108 valence electrons. The van der Waals surface area contributed by atoms with Gasteiger partial charge in [0.15, 0.2) is 0 Å². The number of primary amides is 1. The van der Waals surface area contributed by atoms with E-state index in [4.69, 9.17) is 16.2 Å². The van der Waals surface area contributed by atoms with Gasteiger partial charge in [0.2, 0.25) is 5.91 Å². The number of rotatable bonds is 5. The maximum absolute atomic E-state index is 11.1. The van der Waals surface area contributed by atoms with Crippen LogP contribution in [0.4, 0.5) is 11.4 Å². The summed E-state index contributed by atoms with van der Waals surface area (Å²) in [6.45, 7) is 0.155. The minimum absolute atomic E-state index is 0.0723. The average Bonchev–Trinajstić information content (AvgIpc) is 2.46. The lowest BCUT2D eigenvalue weighted by molar-refractivity contribution is -0.384. The van der Waals surface area contributed by atoms with Gasteiger partial charge in [0.05, 0.1) is 11.0 Å². The quantitative estimate of drug-likeness (QED) is 0.493. The Morgan fingerprint density at radius 2 is 2.00 bits per heavy atom. The van der Waals surface area contributed by atoms with Crippen molar-refractivity contribution in [1.82, 2.24) is 0 Å². The van der Waals surface area contributed by atoms with Gasteiger partial charge in [0.1, 0.15) is 18.0 Å². The molecule has 0 heterocycles. The fourth-order valence-corrected chi connectivity index (χ4v) is 1.75. The van der Waals surface area contributed by atoms with Gasteiger partial charge >= 0.3 is 0 Å². The second-order valence-corrected chi connectivity index (χ2v) is 4.33. The fraction of sp³-hybridized carbons (Fsp3) is 0.0714. The molecule has 0 bridgehead atoms. The summed E-state index contributed by atoms with van der Waals surface area (Å²) in [5.74, 6) is -0.208. The highest BCUT2D eigenvalue weighted by Gasteiger charge is 2.12. The first-order valence-corrected chi connectivity index (χ1v) is 6.03. The van der Waals surface area contributed by atoms with Crippen LogP contribution < -0.4 is 16.2 Å². The van der Waals surface area contributed by atoms with Gasteiger partial charge in [-0.15, -0.1) is 0 Å². The van der Waals surface area contributed by atoms with E-state index in [0.717, 1.165) is 5.56 Å². The molecular formula is C14H13N3O4. The Balaban J connectivity index is 2.13. The third-order valence-electron chi connectivity index (χ3n) is 2.82. The third-order valence-corrected chi connectivity index (χ3v) is 2.82. The van der Waals surface area contributed by atoms with Crippen LogP contribution in [0.25, 0.3) is 0 Å². The van der Waals surface area contributed by atoms with Crippen LogP contribution in [0.1, 0.15) is 15.9 Å². The molecule has 0 saturated carbocycles. The third kappa shape index (κ3) is 3.47. The number of nitro benzene ring substituents is 1. The van der Waals surface area contributed by atoms with E-state index < -0.39 is 10.8 Å². The molecule has 21 heavy (non-hydrogen) atoms. The molecule has 7 nitrogen and oxygen atoms in total. The Labute approximate surface area is 120 Å². The van der Waals surface area contributed by atoms with E-state index in [2.05, 4.69) is 0 Å². The summed E-state index contributed by atoms with van der Waals surface area (Å²) < 4.78 is 5.46. The molecule has 0 aliphatic heterocycles. The monoisotopic (exact) mass is 287 g/mol. The number of carbonyl (C=O) groups excluding carboxylic acids is 1.